The summed E-state index contributed by atoms with van der Waals surface area (Å²) in [4.78, 5) is 22.7. The first-order chi connectivity index (χ1) is 15.6. The van der Waals surface area contributed by atoms with Crippen molar-refractivity contribution in [3.8, 4) is 10.4 Å². The van der Waals surface area contributed by atoms with Gasteiger partial charge in [-0.2, -0.15) is 5.10 Å². The Morgan fingerprint density at radius 3 is 2.88 bits per heavy atom. The molecule has 4 heterocycles. The molecule has 2 saturated heterocycles. The van der Waals surface area contributed by atoms with E-state index in [4.69, 9.17) is 4.74 Å². The maximum absolute atomic E-state index is 12.6. The van der Waals surface area contributed by atoms with E-state index >= 15 is 0 Å². The van der Waals surface area contributed by atoms with E-state index in [0.717, 1.165) is 79.1 Å². The molecule has 2 aliphatic rings. The normalized spacial score (nSPS) is 20.6. The van der Waals surface area contributed by atoms with Gasteiger partial charge in [0.15, 0.2) is 11.4 Å². The van der Waals surface area contributed by atoms with Gasteiger partial charge >= 0.3 is 0 Å². The third-order valence-electron chi connectivity index (χ3n) is 6.30. The lowest BCUT2D eigenvalue weighted by molar-refractivity contribution is -0.117. The Labute approximate surface area is 192 Å². The zero-order chi connectivity index (χ0) is 22.1. The maximum Gasteiger partial charge on any atom is 0.240 e. The number of thiazole rings is 1. The largest absolute Gasteiger partial charge is 0.356 e. The molecule has 1 N–H and O–H groups in total. The van der Waals surface area contributed by atoms with Gasteiger partial charge in [-0.05, 0) is 44.9 Å². The Morgan fingerprint density at radius 1 is 1.25 bits per heavy atom. The van der Waals surface area contributed by atoms with Gasteiger partial charge in [-0.25, -0.2) is 9.67 Å². The number of aromatic nitrogens is 3. The average Bonchev–Trinajstić information content (AvgIpc) is 3.38. The van der Waals surface area contributed by atoms with Gasteiger partial charge in [-0.1, -0.05) is 23.5 Å². The van der Waals surface area contributed by atoms with Crippen LogP contribution >= 0.6 is 11.3 Å². The number of benzene rings is 1. The lowest BCUT2D eigenvalue weighted by Gasteiger charge is -2.31. The second kappa shape index (κ2) is 9.27. The van der Waals surface area contributed by atoms with E-state index in [1.807, 2.05) is 17.8 Å². The number of carbonyl (C=O) groups excluding carboxylic acids is 1. The Balaban J connectivity index is 1.32. The van der Waals surface area contributed by atoms with E-state index in [1.54, 1.807) is 0 Å². The molecule has 2 aliphatic heterocycles. The fraction of sp³-hybridized carbons (Fsp3) is 0.522. The van der Waals surface area contributed by atoms with Crippen molar-refractivity contribution in [2.45, 2.75) is 32.4 Å². The van der Waals surface area contributed by atoms with Gasteiger partial charge in [0.25, 0.3) is 0 Å². The summed E-state index contributed by atoms with van der Waals surface area (Å²) in [5, 5.41) is 9.35. The van der Waals surface area contributed by atoms with Gasteiger partial charge in [-0.15, -0.1) is 0 Å². The molecular weight excluding hydrogens is 424 g/mol. The van der Waals surface area contributed by atoms with Gasteiger partial charge in [0, 0.05) is 38.2 Å². The molecule has 0 radical (unpaired) electrons. The topological polar surface area (TPSA) is 75.5 Å². The number of anilines is 1. The number of carbonyl (C=O) groups is 1. The molecule has 2 fully saturated rings. The Hall–Kier alpha value is -2.33. The summed E-state index contributed by atoms with van der Waals surface area (Å²) < 4.78 is 7.96. The van der Waals surface area contributed by atoms with E-state index in [0.29, 0.717) is 11.7 Å². The molecule has 0 bridgehead atoms. The first kappa shape index (κ1) is 21.5. The summed E-state index contributed by atoms with van der Waals surface area (Å²) in [6, 6.07) is 6.37. The number of rotatable bonds is 5. The maximum atomic E-state index is 12.6. The predicted octanol–water partition coefficient (Wildman–Crippen LogP) is 3.35. The van der Waals surface area contributed by atoms with Crippen molar-refractivity contribution < 1.29 is 9.53 Å². The lowest BCUT2D eigenvalue weighted by Crippen LogP contribution is -2.47. The number of ether oxygens (including phenoxy) is 1. The molecule has 0 saturated carbocycles. The summed E-state index contributed by atoms with van der Waals surface area (Å²) in [6.07, 6.45) is 5.18. The highest BCUT2D eigenvalue weighted by Crippen LogP contribution is 2.35. The van der Waals surface area contributed by atoms with E-state index < -0.39 is 0 Å². The minimum atomic E-state index is -0.00201. The van der Waals surface area contributed by atoms with Crippen LogP contribution in [-0.4, -0.2) is 76.8 Å². The van der Waals surface area contributed by atoms with Crippen LogP contribution in [0.15, 0.2) is 24.4 Å². The Morgan fingerprint density at radius 2 is 2.09 bits per heavy atom. The third-order valence-corrected chi connectivity index (χ3v) is 7.42. The van der Waals surface area contributed by atoms with Crippen molar-refractivity contribution >= 4 is 33.3 Å². The van der Waals surface area contributed by atoms with Crippen molar-refractivity contribution in [3.63, 3.8) is 0 Å². The number of hydrogen-bond acceptors (Lipinski definition) is 7. The standard InChI is InChI=1S/C23H30N6O2S/c1-16-22(32-23(25-16)26-20(30)15-28-10-8-27(2)9-11-28)17-6-7-18-14-24-29(19(18)13-17)21-5-3-4-12-31-21/h6-7,13-14,21H,3-5,8-12,15H2,1-2H3,(H,25,26,30). The summed E-state index contributed by atoms with van der Waals surface area (Å²) in [6.45, 7) is 7.03. The molecule has 5 rings (SSSR count). The molecule has 0 spiro atoms. The molecule has 0 aliphatic carbocycles. The highest BCUT2D eigenvalue weighted by molar-refractivity contribution is 7.19. The molecule has 8 nitrogen and oxygen atoms in total. The van der Waals surface area contributed by atoms with Crippen LogP contribution in [-0.2, 0) is 9.53 Å². The number of nitrogens with one attached hydrogen (secondary N) is 1. The van der Waals surface area contributed by atoms with Crippen molar-refractivity contribution in [1.29, 1.82) is 0 Å². The molecule has 2 aromatic heterocycles. The Kier molecular flexibility index (Phi) is 6.23. The number of piperazine rings is 1. The number of likely N-dealkylation sites (N-methyl/N-ethyl adjacent to an activating group) is 1. The van der Waals surface area contributed by atoms with Gasteiger partial charge < -0.3 is 15.0 Å². The van der Waals surface area contributed by atoms with Gasteiger partial charge in [0.1, 0.15) is 0 Å². The van der Waals surface area contributed by atoms with Crippen LogP contribution < -0.4 is 5.32 Å². The van der Waals surface area contributed by atoms with Crippen LogP contribution in [0.1, 0.15) is 31.2 Å². The quantitative estimate of drug-likeness (QED) is 0.637. The first-order valence-corrected chi connectivity index (χ1v) is 12.2. The summed E-state index contributed by atoms with van der Waals surface area (Å²) in [7, 11) is 2.11. The van der Waals surface area contributed by atoms with Crippen molar-refractivity contribution in [2.75, 3.05) is 51.7 Å². The Bertz CT molecular complexity index is 1100. The fourth-order valence-corrected chi connectivity index (χ4v) is 5.39. The second-order valence-corrected chi connectivity index (χ2v) is 9.74. The minimum Gasteiger partial charge on any atom is -0.356 e. The molecule has 9 heteroatoms. The van der Waals surface area contributed by atoms with Crippen LogP contribution in [0.5, 0.6) is 0 Å². The molecule has 32 heavy (non-hydrogen) atoms. The highest BCUT2D eigenvalue weighted by atomic mass is 32.1. The zero-order valence-corrected chi connectivity index (χ0v) is 19.5. The predicted molar refractivity (Wildman–Crippen MR) is 127 cm³/mol. The highest BCUT2D eigenvalue weighted by Gasteiger charge is 2.21. The smallest absolute Gasteiger partial charge is 0.240 e. The number of nitrogens with zero attached hydrogens (tertiary/aromatic N) is 5. The average molecular weight is 455 g/mol. The molecule has 1 aromatic carbocycles. The summed E-state index contributed by atoms with van der Waals surface area (Å²) in [5.41, 5.74) is 3.08. The first-order valence-electron chi connectivity index (χ1n) is 11.3. The molecule has 3 aromatic rings. The van der Waals surface area contributed by atoms with E-state index in [1.165, 1.54) is 11.3 Å². The summed E-state index contributed by atoms with van der Waals surface area (Å²) >= 11 is 1.53. The van der Waals surface area contributed by atoms with Crippen molar-refractivity contribution in [3.05, 3.63) is 30.1 Å². The second-order valence-electron chi connectivity index (χ2n) is 8.75. The fourth-order valence-electron chi connectivity index (χ4n) is 4.41. The molecule has 1 atom stereocenters. The number of aryl methyl sites for hydroxylation is 1. The van der Waals surface area contributed by atoms with E-state index in [-0.39, 0.29) is 12.1 Å². The van der Waals surface area contributed by atoms with Gasteiger partial charge in [-0.3, -0.25) is 9.69 Å². The number of amides is 1. The number of hydrogen-bond donors (Lipinski definition) is 1. The van der Waals surface area contributed by atoms with Gasteiger partial charge in [0.2, 0.25) is 5.91 Å². The van der Waals surface area contributed by atoms with Crippen molar-refractivity contribution in [2.24, 2.45) is 0 Å². The van der Waals surface area contributed by atoms with Crippen LogP contribution in [0.4, 0.5) is 5.13 Å². The zero-order valence-electron chi connectivity index (χ0n) is 18.7. The molecule has 1 amide bonds. The van der Waals surface area contributed by atoms with Crippen LogP contribution in [0.2, 0.25) is 0 Å². The van der Waals surface area contributed by atoms with Crippen molar-refractivity contribution in [1.82, 2.24) is 24.6 Å². The van der Waals surface area contributed by atoms with Gasteiger partial charge in [0.05, 0.1) is 28.8 Å². The minimum absolute atomic E-state index is 0.00201. The lowest BCUT2D eigenvalue weighted by atomic mass is 10.1. The molecule has 170 valence electrons. The van der Waals surface area contributed by atoms with Crippen LogP contribution in [0, 0.1) is 6.92 Å². The van der Waals surface area contributed by atoms with E-state index in [9.17, 15) is 4.79 Å². The van der Waals surface area contributed by atoms with Crippen LogP contribution in [0.25, 0.3) is 21.3 Å². The SMILES string of the molecule is Cc1nc(NC(=O)CN2CCN(C)CC2)sc1-c1ccc2cnn(C3CCCCO3)c2c1. The summed E-state index contributed by atoms with van der Waals surface area (Å²) in [5.74, 6) is -0.00201. The molecule has 1 unspecified atom stereocenters. The van der Waals surface area contributed by atoms with E-state index in [2.05, 4.69) is 50.4 Å². The third kappa shape index (κ3) is 4.56. The van der Waals surface area contributed by atoms with Crippen LogP contribution in [0.3, 0.4) is 0 Å². The monoisotopic (exact) mass is 454 g/mol. The number of fused-ring (bicyclic) bond motifs is 1. The molecular formula is C23H30N6O2S.